The molecule has 0 unspecified atom stereocenters. The van der Waals surface area contributed by atoms with E-state index in [1.807, 2.05) is 24.3 Å². The minimum Gasteiger partial charge on any atom is -0.377 e. The van der Waals surface area contributed by atoms with Crippen LogP contribution in [0.2, 0.25) is 0 Å². The van der Waals surface area contributed by atoms with Crippen molar-refractivity contribution in [2.24, 2.45) is 0 Å². The van der Waals surface area contributed by atoms with Crippen molar-refractivity contribution in [3.05, 3.63) is 33.4 Å². The number of halogens is 1. The largest absolute Gasteiger partial charge is 0.377 e. The van der Waals surface area contributed by atoms with Gasteiger partial charge in [-0.15, -0.1) is 0 Å². The predicted octanol–water partition coefficient (Wildman–Crippen LogP) is 1.42. The number of amides is 1. The first kappa shape index (κ1) is 9.92. The first-order chi connectivity index (χ1) is 6.75. The maximum Gasteiger partial charge on any atom is 0.251 e. The highest BCUT2D eigenvalue weighted by Crippen LogP contribution is 2.08. The number of carbonyl (C=O) groups is 1. The van der Waals surface area contributed by atoms with Gasteiger partial charge in [-0.25, -0.2) is 0 Å². The molecule has 0 bridgehead atoms. The number of hydrogen-bond acceptors (Lipinski definition) is 2. The van der Waals surface area contributed by atoms with Crippen molar-refractivity contribution in [3.8, 4) is 0 Å². The molecular formula is C10H10INO2. The number of nitrogens with one attached hydrogen (secondary N) is 1. The molecule has 2 rings (SSSR count). The molecule has 1 aromatic rings. The molecule has 0 spiro atoms. The van der Waals surface area contributed by atoms with Crippen molar-refractivity contribution in [1.29, 1.82) is 0 Å². The van der Waals surface area contributed by atoms with Crippen LogP contribution in [0.4, 0.5) is 0 Å². The lowest BCUT2D eigenvalue weighted by molar-refractivity contribution is -0.00346. The van der Waals surface area contributed by atoms with E-state index in [2.05, 4.69) is 27.9 Å². The summed E-state index contributed by atoms with van der Waals surface area (Å²) in [6.07, 6.45) is 0. The highest BCUT2D eigenvalue weighted by molar-refractivity contribution is 14.1. The van der Waals surface area contributed by atoms with Crippen LogP contribution in [0.25, 0.3) is 0 Å². The van der Waals surface area contributed by atoms with Crippen LogP contribution in [-0.2, 0) is 4.74 Å². The van der Waals surface area contributed by atoms with E-state index in [9.17, 15) is 4.79 Å². The SMILES string of the molecule is O=C(NC1COC1)c1ccc(I)cc1. The van der Waals surface area contributed by atoms with Crippen LogP contribution in [0.15, 0.2) is 24.3 Å². The lowest BCUT2D eigenvalue weighted by Crippen LogP contribution is -2.48. The quantitative estimate of drug-likeness (QED) is 0.839. The van der Waals surface area contributed by atoms with Gasteiger partial charge >= 0.3 is 0 Å². The van der Waals surface area contributed by atoms with Crippen molar-refractivity contribution < 1.29 is 9.53 Å². The fraction of sp³-hybridized carbons (Fsp3) is 0.300. The van der Waals surface area contributed by atoms with Crippen LogP contribution < -0.4 is 5.32 Å². The Balaban J connectivity index is 1.99. The van der Waals surface area contributed by atoms with Crippen LogP contribution in [0, 0.1) is 3.57 Å². The number of carbonyl (C=O) groups excluding carboxylic acids is 1. The molecule has 14 heavy (non-hydrogen) atoms. The van der Waals surface area contributed by atoms with Gasteiger partial charge in [0.1, 0.15) is 0 Å². The Morgan fingerprint density at radius 2 is 2.00 bits per heavy atom. The van der Waals surface area contributed by atoms with Gasteiger partial charge in [-0.2, -0.15) is 0 Å². The molecule has 1 aliphatic rings. The molecule has 1 heterocycles. The lowest BCUT2D eigenvalue weighted by Gasteiger charge is -2.26. The Bertz CT molecular complexity index is 332. The van der Waals surface area contributed by atoms with Gasteiger partial charge in [-0.1, -0.05) is 0 Å². The van der Waals surface area contributed by atoms with E-state index in [4.69, 9.17) is 4.74 Å². The highest BCUT2D eigenvalue weighted by atomic mass is 127. The summed E-state index contributed by atoms with van der Waals surface area (Å²) in [7, 11) is 0. The monoisotopic (exact) mass is 303 g/mol. The Labute approximate surface area is 96.0 Å². The van der Waals surface area contributed by atoms with Crippen molar-refractivity contribution in [2.75, 3.05) is 13.2 Å². The normalized spacial score (nSPS) is 16.1. The second-order valence-corrected chi connectivity index (χ2v) is 4.46. The zero-order valence-electron chi connectivity index (χ0n) is 7.50. The van der Waals surface area contributed by atoms with Gasteiger partial charge in [0, 0.05) is 9.13 Å². The molecule has 1 aliphatic heterocycles. The van der Waals surface area contributed by atoms with Crippen LogP contribution in [0.3, 0.4) is 0 Å². The van der Waals surface area contributed by atoms with Gasteiger partial charge < -0.3 is 10.1 Å². The van der Waals surface area contributed by atoms with Gasteiger partial charge in [-0.05, 0) is 46.9 Å². The third-order valence-corrected chi connectivity index (χ3v) is 2.80. The van der Waals surface area contributed by atoms with Crippen molar-refractivity contribution in [1.82, 2.24) is 5.32 Å². The molecule has 0 aliphatic carbocycles. The molecule has 0 radical (unpaired) electrons. The molecule has 3 nitrogen and oxygen atoms in total. The van der Waals surface area contributed by atoms with E-state index in [-0.39, 0.29) is 11.9 Å². The first-order valence-corrected chi connectivity index (χ1v) is 5.48. The maximum atomic E-state index is 11.6. The minimum atomic E-state index is -0.0188. The summed E-state index contributed by atoms with van der Waals surface area (Å²) in [5.41, 5.74) is 0.706. The number of hydrogen-bond donors (Lipinski definition) is 1. The smallest absolute Gasteiger partial charge is 0.251 e. The summed E-state index contributed by atoms with van der Waals surface area (Å²) >= 11 is 2.21. The molecule has 1 aromatic carbocycles. The average Bonchev–Trinajstić information content (AvgIpc) is 2.12. The molecular weight excluding hydrogens is 293 g/mol. The third-order valence-electron chi connectivity index (χ3n) is 2.08. The maximum absolute atomic E-state index is 11.6. The van der Waals surface area contributed by atoms with E-state index in [1.165, 1.54) is 0 Å². The lowest BCUT2D eigenvalue weighted by atomic mass is 10.2. The number of ether oxygens (including phenoxy) is 1. The Morgan fingerprint density at radius 1 is 1.36 bits per heavy atom. The van der Waals surface area contributed by atoms with E-state index in [0.29, 0.717) is 18.8 Å². The zero-order chi connectivity index (χ0) is 9.97. The summed E-state index contributed by atoms with van der Waals surface area (Å²) in [6, 6.07) is 7.70. The molecule has 0 aromatic heterocycles. The molecule has 0 saturated carbocycles. The molecule has 74 valence electrons. The summed E-state index contributed by atoms with van der Waals surface area (Å²) in [6.45, 7) is 1.27. The molecule has 1 fully saturated rings. The third kappa shape index (κ3) is 2.24. The second-order valence-electron chi connectivity index (χ2n) is 3.21. The van der Waals surface area contributed by atoms with E-state index < -0.39 is 0 Å². The molecule has 1 saturated heterocycles. The Hall–Kier alpha value is -0.620. The van der Waals surface area contributed by atoms with Crippen LogP contribution in [-0.4, -0.2) is 25.2 Å². The van der Waals surface area contributed by atoms with E-state index in [0.717, 1.165) is 3.57 Å². The average molecular weight is 303 g/mol. The van der Waals surface area contributed by atoms with Crippen LogP contribution >= 0.6 is 22.6 Å². The minimum absolute atomic E-state index is 0.0188. The fourth-order valence-corrected chi connectivity index (χ4v) is 1.55. The van der Waals surface area contributed by atoms with Gasteiger partial charge in [0.15, 0.2) is 0 Å². The molecule has 4 heteroatoms. The first-order valence-electron chi connectivity index (χ1n) is 4.40. The Morgan fingerprint density at radius 3 is 2.50 bits per heavy atom. The van der Waals surface area contributed by atoms with Crippen LogP contribution in [0.5, 0.6) is 0 Å². The summed E-state index contributed by atoms with van der Waals surface area (Å²) in [5.74, 6) is -0.0188. The second kappa shape index (κ2) is 4.27. The standard InChI is InChI=1S/C10H10INO2/c11-8-3-1-7(2-4-8)10(13)12-9-5-14-6-9/h1-4,9H,5-6H2,(H,12,13). The van der Waals surface area contributed by atoms with Gasteiger partial charge in [-0.3, -0.25) is 4.79 Å². The predicted molar refractivity (Wildman–Crippen MR) is 61.2 cm³/mol. The van der Waals surface area contributed by atoms with E-state index >= 15 is 0 Å². The topological polar surface area (TPSA) is 38.3 Å². The highest BCUT2D eigenvalue weighted by Gasteiger charge is 2.20. The summed E-state index contributed by atoms with van der Waals surface area (Å²) in [4.78, 5) is 11.6. The van der Waals surface area contributed by atoms with Gasteiger partial charge in [0.05, 0.1) is 19.3 Å². The van der Waals surface area contributed by atoms with Crippen molar-refractivity contribution in [3.63, 3.8) is 0 Å². The van der Waals surface area contributed by atoms with E-state index in [1.54, 1.807) is 0 Å². The zero-order valence-corrected chi connectivity index (χ0v) is 9.65. The molecule has 1 N–H and O–H groups in total. The Kier molecular flexibility index (Phi) is 3.02. The van der Waals surface area contributed by atoms with Crippen molar-refractivity contribution >= 4 is 28.5 Å². The fourth-order valence-electron chi connectivity index (χ4n) is 1.19. The molecule has 1 amide bonds. The molecule has 0 atom stereocenters. The summed E-state index contributed by atoms with van der Waals surface area (Å²) in [5, 5.41) is 2.89. The van der Waals surface area contributed by atoms with Crippen molar-refractivity contribution in [2.45, 2.75) is 6.04 Å². The van der Waals surface area contributed by atoms with Gasteiger partial charge in [0.25, 0.3) is 5.91 Å². The number of benzene rings is 1. The number of rotatable bonds is 2. The van der Waals surface area contributed by atoms with Crippen LogP contribution in [0.1, 0.15) is 10.4 Å². The summed E-state index contributed by atoms with van der Waals surface area (Å²) < 4.78 is 6.11. The van der Waals surface area contributed by atoms with Gasteiger partial charge in [0.2, 0.25) is 0 Å².